The third-order valence-corrected chi connectivity index (χ3v) is 12.2. The van der Waals surface area contributed by atoms with Gasteiger partial charge in [0.1, 0.15) is 13.2 Å². The maximum Gasteiger partial charge on any atom is 0.306 e. The summed E-state index contributed by atoms with van der Waals surface area (Å²) in [7, 11) is 0. The van der Waals surface area contributed by atoms with E-state index in [-0.39, 0.29) is 31.1 Å². The van der Waals surface area contributed by atoms with Crippen LogP contribution in [-0.2, 0) is 28.6 Å². The fourth-order valence-corrected chi connectivity index (χ4v) is 7.57. The lowest BCUT2D eigenvalue weighted by molar-refractivity contribution is -0.167. The summed E-state index contributed by atoms with van der Waals surface area (Å²) in [4.78, 5) is 37.7. The molecule has 0 heterocycles. The van der Waals surface area contributed by atoms with E-state index in [0.717, 1.165) is 69.6 Å². The van der Waals surface area contributed by atoms with Crippen molar-refractivity contribution in [3.8, 4) is 0 Å². The molecular formula is C51H98O6. The van der Waals surface area contributed by atoms with Gasteiger partial charge in [-0.15, -0.1) is 0 Å². The third kappa shape index (κ3) is 42.3. The minimum Gasteiger partial charge on any atom is -0.462 e. The van der Waals surface area contributed by atoms with Crippen LogP contribution < -0.4 is 0 Å². The summed E-state index contributed by atoms with van der Waals surface area (Å²) in [6.45, 7) is 11.3. The van der Waals surface area contributed by atoms with Crippen molar-refractivity contribution in [3.05, 3.63) is 0 Å². The number of hydrogen-bond donors (Lipinski definition) is 0. The molecule has 0 amide bonds. The van der Waals surface area contributed by atoms with Crippen LogP contribution in [-0.4, -0.2) is 37.2 Å². The van der Waals surface area contributed by atoms with Crippen molar-refractivity contribution in [2.45, 2.75) is 285 Å². The molecule has 0 aromatic rings. The normalized spacial score (nSPS) is 13.0. The molecule has 0 fully saturated rings. The Morgan fingerprint density at radius 2 is 0.614 bits per heavy atom. The zero-order valence-electron chi connectivity index (χ0n) is 39.0. The van der Waals surface area contributed by atoms with Crippen molar-refractivity contribution in [1.82, 2.24) is 0 Å². The Kier molecular flexibility index (Phi) is 42.7. The van der Waals surface area contributed by atoms with Gasteiger partial charge in [0, 0.05) is 19.3 Å². The third-order valence-electron chi connectivity index (χ3n) is 12.2. The second kappa shape index (κ2) is 44.0. The Hall–Kier alpha value is -1.59. The molecule has 6 heteroatoms. The number of ether oxygens (including phenoxy) is 3. The molecule has 6 nitrogen and oxygen atoms in total. The molecule has 338 valence electrons. The zero-order chi connectivity index (χ0) is 41.9. The first-order valence-electron chi connectivity index (χ1n) is 25.3. The molecule has 3 atom stereocenters. The van der Waals surface area contributed by atoms with E-state index < -0.39 is 6.10 Å². The predicted molar refractivity (Wildman–Crippen MR) is 243 cm³/mol. The summed E-state index contributed by atoms with van der Waals surface area (Å²) < 4.78 is 16.7. The fraction of sp³-hybridized carbons (Fsp3) is 0.941. The molecule has 0 spiro atoms. The van der Waals surface area contributed by atoms with Crippen LogP contribution in [0.4, 0.5) is 0 Å². The van der Waals surface area contributed by atoms with Gasteiger partial charge in [0.05, 0.1) is 0 Å². The van der Waals surface area contributed by atoms with Gasteiger partial charge >= 0.3 is 17.9 Å². The van der Waals surface area contributed by atoms with Gasteiger partial charge in [0.15, 0.2) is 6.10 Å². The summed E-state index contributed by atoms with van der Waals surface area (Å²) in [5.41, 5.74) is 0. The highest BCUT2D eigenvalue weighted by molar-refractivity contribution is 5.71. The zero-order valence-corrected chi connectivity index (χ0v) is 39.0. The van der Waals surface area contributed by atoms with E-state index in [4.69, 9.17) is 14.2 Å². The number of carbonyl (C=O) groups is 3. The van der Waals surface area contributed by atoms with Gasteiger partial charge in [-0.25, -0.2) is 0 Å². The van der Waals surface area contributed by atoms with Crippen molar-refractivity contribution >= 4 is 17.9 Å². The predicted octanol–water partition coefficient (Wildman–Crippen LogP) is 16.1. The highest BCUT2D eigenvalue weighted by atomic mass is 16.6. The lowest BCUT2D eigenvalue weighted by atomic mass is 9.99. The van der Waals surface area contributed by atoms with Gasteiger partial charge in [-0.1, -0.05) is 240 Å². The molecule has 0 aliphatic carbocycles. The van der Waals surface area contributed by atoms with Crippen molar-refractivity contribution < 1.29 is 28.6 Å². The summed E-state index contributed by atoms with van der Waals surface area (Å²) in [6, 6.07) is 0. The first-order chi connectivity index (χ1) is 27.8. The molecule has 0 saturated carbocycles. The lowest BCUT2D eigenvalue weighted by Gasteiger charge is -2.18. The molecule has 0 N–H and O–H groups in total. The van der Waals surface area contributed by atoms with E-state index in [0.29, 0.717) is 19.3 Å². The van der Waals surface area contributed by atoms with Gasteiger partial charge in [0.2, 0.25) is 0 Å². The second-order valence-electron chi connectivity index (χ2n) is 17.9. The Morgan fingerprint density at radius 1 is 0.351 bits per heavy atom. The number of hydrogen-bond acceptors (Lipinski definition) is 6. The highest BCUT2D eigenvalue weighted by Gasteiger charge is 2.19. The van der Waals surface area contributed by atoms with E-state index in [2.05, 4.69) is 34.6 Å². The molecule has 0 aliphatic heterocycles. The molecule has 0 bridgehead atoms. The van der Waals surface area contributed by atoms with Gasteiger partial charge in [0.25, 0.3) is 0 Å². The Morgan fingerprint density at radius 3 is 0.912 bits per heavy atom. The lowest BCUT2D eigenvalue weighted by Crippen LogP contribution is -2.30. The smallest absolute Gasteiger partial charge is 0.306 e. The van der Waals surface area contributed by atoms with Crippen LogP contribution in [0.5, 0.6) is 0 Å². The average molecular weight is 807 g/mol. The van der Waals surface area contributed by atoms with Crippen LogP contribution in [0.3, 0.4) is 0 Å². The maximum atomic E-state index is 12.6. The molecular weight excluding hydrogens is 709 g/mol. The van der Waals surface area contributed by atoms with E-state index in [1.807, 2.05) is 0 Å². The Bertz CT molecular complexity index is 874. The van der Waals surface area contributed by atoms with Crippen LogP contribution in [0.25, 0.3) is 0 Å². The number of carbonyl (C=O) groups excluding carboxylic acids is 3. The standard InChI is InChI=1S/C51H98O6/c1-6-9-10-11-24-33-38-43-51(54)57-48(45-56-50(53)42-37-32-28-27-30-35-40-47(5)8-3)44-55-49(52)41-36-31-26-23-21-19-17-15-13-12-14-16-18-20-22-25-29-34-39-46(4)7-2/h46-48H,6-45H2,1-5H3/t46?,47?,48-/m0/s1. The minimum atomic E-state index is -0.760. The molecule has 0 aromatic carbocycles. The summed E-state index contributed by atoms with van der Waals surface area (Å²) >= 11 is 0. The molecule has 0 radical (unpaired) electrons. The van der Waals surface area contributed by atoms with E-state index in [9.17, 15) is 14.4 Å². The summed E-state index contributed by atoms with van der Waals surface area (Å²) in [5, 5.41) is 0. The molecule has 0 saturated heterocycles. The number of rotatable bonds is 45. The summed E-state index contributed by atoms with van der Waals surface area (Å²) in [6.07, 6.45) is 44.0. The molecule has 57 heavy (non-hydrogen) atoms. The van der Waals surface area contributed by atoms with E-state index >= 15 is 0 Å². The fourth-order valence-electron chi connectivity index (χ4n) is 7.57. The number of unbranched alkanes of at least 4 members (excludes halogenated alkanes) is 28. The Labute approximate surface area is 355 Å². The van der Waals surface area contributed by atoms with E-state index in [1.165, 1.54) is 167 Å². The molecule has 0 aliphatic rings. The van der Waals surface area contributed by atoms with Gasteiger partial charge in [-0.2, -0.15) is 0 Å². The van der Waals surface area contributed by atoms with Crippen molar-refractivity contribution in [1.29, 1.82) is 0 Å². The molecule has 2 unspecified atom stereocenters. The largest absolute Gasteiger partial charge is 0.462 e. The van der Waals surface area contributed by atoms with Crippen molar-refractivity contribution in [2.24, 2.45) is 11.8 Å². The van der Waals surface area contributed by atoms with Gasteiger partial charge in [-0.3, -0.25) is 14.4 Å². The van der Waals surface area contributed by atoms with Crippen LogP contribution >= 0.6 is 0 Å². The van der Waals surface area contributed by atoms with Crippen molar-refractivity contribution in [3.63, 3.8) is 0 Å². The Balaban J connectivity index is 4.08. The summed E-state index contributed by atoms with van der Waals surface area (Å²) in [5.74, 6) is 0.863. The average Bonchev–Trinajstić information content (AvgIpc) is 3.21. The van der Waals surface area contributed by atoms with E-state index in [1.54, 1.807) is 0 Å². The number of esters is 3. The topological polar surface area (TPSA) is 78.9 Å². The SMILES string of the molecule is CCCCCCCCCC(=O)O[C@@H](COC(=O)CCCCCCCCCCCCCCCCCCCCC(C)CC)COC(=O)CCCCCCCCC(C)CC. The van der Waals surface area contributed by atoms with Crippen LogP contribution in [0.1, 0.15) is 279 Å². The van der Waals surface area contributed by atoms with Crippen molar-refractivity contribution in [2.75, 3.05) is 13.2 Å². The van der Waals surface area contributed by atoms with Crippen LogP contribution in [0.15, 0.2) is 0 Å². The van der Waals surface area contributed by atoms with Crippen LogP contribution in [0.2, 0.25) is 0 Å². The highest BCUT2D eigenvalue weighted by Crippen LogP contribution is 2.18. The first kappa shape index (κ1) is 55.4. The molecule has 0 aromatic heterocycles. The first-order valence-corrected chi connectivity index (χ1v) is 25.3. The van der Waals surface area contributed by atoms with Gasteiger partial charge < -0.3 is 14.2 Å². The monoisotopic (exact) mass is 807 g/mol. The molecule has 0 rings (SSSR count). The maximum absolute atomic E-state index is 12.6. The van der Waals surface area contributed by atoms with Crippen LogP contribution in [0, 0.1) is 11.8 Å². The minimum absolute atomic E-state index is 0.0652. The second-order valence-corrected chi connectivity index (χ2v) is 17.9. The quantitative estimate of drug-likeness (QED) is 0.0346. The van der Waals surface area contributed by atoms with Gasteiger partial charge in [-0.05, 0) is 31.1 Å².